The van der Waals surface area contributed by atoms with Crippen LogP contribution in [0.5, 0.6) is 0 Å². The van der Waals surface area contributed by atoms with E-state index in [-0.39, 0.29) is 24.6 Å². The summed E-state index contributed by atoms with van der Waals surface area (Å²) in [5.74, 6) is -0.0154. The van der Waals surface area contributed by atoms with Gasteiger partial charge in [-0.15, -0.1) is 0 Å². The highest BCUT2D eigenvalue weighted by Gasteiger charge is 2.14. The lowest BCUT2D eigenvalue weighted by Gasteiger charge is -2.22. The molecule has 0 atom stereocenters. The van der Waals surface area contributed by atoms with Crippen LogP contribution in [0.2, 0.25) is 0 Å². The SMILES string of the molecule is CCC(=O)N(CCCO)Cc1cc2cc(C)cc(C)c2[nH]c1=O. The summed E-state index contributed by atoms with van der Waals surface area (Å²) < 4.78 is 0. The number of benzene rings is 1. The molecule has 0 fully saturated rings. The van der Waals surface area contributed by atoms with Crippen LogP contribution in [0, 0.1) is 13.8 Å². The lowest BCUT2D eigenvalue weighted by atomic mass is 10.1. The van der Waals surface area contributed by atoms with E-state index in [1.165, 1.54) is 0 Å². The third-order valence-electron chi connectivity index (χ3n) is 3.97. The van der Waals surface area contributed by atoms with Gasteiger partial charge in [-0.3, -0.25) is 9.59 Å². The van der Waals surface area contributed by atoms with Gasteiger partial charge in [-0.1, -0.05) is 18.6 Å². The van der Waals surface area contributed by atoms with Crippen molar-refractivity contribution in [2.45, 2.75) is 40.2 Å². The molecule has 1 aromatic carbocycles. The highest BCUT2D eigenvalue weighted by Crippen LogP contribution is 2.18. The van der Waals surface area contributed by atoms with Crippen LogP contribution in [-0.4, -0.2) is 34.0 Å². The summed E-state index contributed by atoms with van der Waals surface area (Å²) in [6.45, 7) is 6.54. The molecule has 0 spiro atoms. The first-order valence-corrected chi connectivity index (χ1v) is 7.98. The van der Waals surface area contributed by atoms with Crippen LogP contribution in [0.4, 0.5) is 0 Å². The molecule has 124 valence electrons. The molecule has 1 heterocycles. The molecule has 0 unspecified atom stereocenters. The number of hydrogen-bond acceptors (Lipinski definition) is 3. The Balaban J connectivity index is 2.39. The van der Waals surface area contributed by atoms with Crippen LogP contribution in [0.3, 0.4) is 0 Å². The van der Waals surface area contributed by atoms with Gasteiger partial charge < -0.3 is 15.0 Å². The van der Waals surface area contributed by atoms with Crippen molar-refractivity contribution in [2.75, 3.05) is 13.2 Å². The second kappa shape index (κ2) is 7.42. The zero-order chi connectivity index (χ0) is 17.0. The Bertz CT molecular complexity index is 765. The summed E-state index contributed by atoms with van der Waals surface area (Å²) in [4.78, 5) is 28.9. The minimum Gasteiger partial charge on any atom is -0.396 e. The van der Waals surface area contributed by atoms with Crippen molar-refractivity contribution >= 4 is 16.8 Å². The molecule has 23 heavy (non-hydrogen) atoms. The fourth-order valence-corrected chi connectivity index (χ4v) is 2.83. The maximum atomic E-state index is 12.3. The summed E-state index contributed by atoms with van der Waals surface area (Å²) in [6, 6.07) is 5.93. The molecule has 0 saturated carbocycles. The van der Waals surface area contributed by atoms with E-state index >= 15 is 0 Å². The number of H-pyrrole nitrogens is 1. The summed E-state index contributed by atoms with van der Waals surface area (Å²) in [6.07, 6.45) is 0.893. The fraction of sp³-hybridized carbons (Fsp3) is 0.444. The van der Waals surface area contributed by atoms with Crippen LogP contribution in [0.1, 0.15) is 36.5 Å². The Hall–Kier alpha value is -2.14. The average molecular weight is 316 g/mol. The number of rotatable bonds is 6. The normalized spacial score (nSPS) is 11.0. The third kappa shape index (κ3) is 3.99. The second-order valence-corrected chi connectivity index (χ2v) is 5.92. The smallest absolute Gasteiger partial charge is 0.253 e. The van der Waals surface area contributed by atoms with Gasteiger partial charge in [-0.25, -0.2) is 0 Å². The van der Waals surface area contributed by atoms with Crippen molar-refractivity contribution in [3.05, 3.63) is 45.2 Å². The predicted octanol–water partition coefficient (Wildman–Crippen LogP) is 2.27. The molecule has 0 aliphatic heterocycles. The van der Waals surface area contributed by atoms with Gasteiger partial charge in [0.15, 0.2) is 0 Å². The molecule has 0 aliphatic carbocycles. The Labute approximate surface area is 135 Å². The number of carbonyl (C=O) groups excluding carboxylic acids is 1. The number of amides is 1. The first-order chi connectivity index (χ1) is 11.0. The number of aliphatic hydroxyl groups excluding tert-OH is 1. The Morgan fingerprint density at radius 3 is 2.65 bits per heavy atom. The van der Waals surface area contributed by atoms with Crippen molar-refractivity contribution in [1.82, 2.24) is 9.88 Å². The number of carbonyl (C=O) groups is 1. The highest BCUT2D eigenvalue weighted by atomic mass is 16.3. The molecule has 0 radical (unpaired) electrons. The van der Waals surface area contributed by atoms with Gasteiger partial charge in [0.05, 0.1) is 12.1 Å². The van der Waals surface area contributed by atoms with Crippen LogP contribution >= 0.6 is 0 Å². The van der Waals surface area contributed by atoms with E-state index in [1.54, 1.807) is 11.8 Å². The molecule has 0 bridgehead atoms. The largest absolute Gasteiger partial charge is 0.396 e. The molecule has 2 N–H and O–H groups in total. The van der Waals surface area contributed by atoms with E-state index in [9.17, 15) is 9.59 Å². The summed E-state index contributed by atoms with van der Waals surface area (Å²) in [5, 5.41) is 9.96. The standard InChI is InChI=1S/C18H24N2O3/c1-4-16(22)20(6-5-7-21)11-15-10-14-9-12(2)8-13(3)17(14)19-18(15)23/h8-10,21H,4-7,11H2,1-3H3,(H,19,23). The minimum atomic E-state index is -0.164. The van der Waals surface area contributed by atoms with Gasteiger partial charge in [0.1, 0.15) is 0 Å². The van der Waals surface area contributed by atoms with Crippen molar-refractivity contribution in [1.29, 1.82) is 0 Å². The minimum absolute atomic E-state index is 0.0154. The van der Waals surface area contributed by atoms with Crippen molar-refractivity contribution in [3.8, 4) is 0 Å². The first-order valence-electron chi connectivity index (χ1n) is 7.98. The van der Waals surface area contributed by atoms with Crippen molar-refractivity contribution in [3.63, 3.8) is 0 Å². The lowest BCUT2D eigenvalue weighted by molar-refractivity contribution is -0.131. The summed E-state index contributed by atoms with van der Waals surface area (Å²) in [7, 11) is 0. The molecule has 5 heteroatoms. The van der Waals surface area contributed by atoms with Gasteiger partial charge >= 0.3 is 0 Å². The monoisotopic (exact) mass is 316 g/mol. The lowest BCUT2D eigenvalue weighted by Crippen LogP contribution is -2.33. The van der Waals surface area contributed by atoms with Gasteiger partial charge in [0.25, 0.3) is 5.56 Å². The van der Waals surface area contributed by atoms with E-state index in [0.29, 0.717) is 24.9 Å². The van der Waals surface area contributed by atoms with Crippen LogP contribution in [0.25, 0.3) is 10.9 Å². The number of hydrogen-bond donors (Lipinski definition) is 2. The second-order valence-electron chi connectivity index (χ2n) is 5.92. The number of aryl methyl sites for hydroxylation is 2. The quantitative estimate of drug-likeness (QED) is 0.858. The summed E-state index contributed by atoms with van der Waals surface area (Å²) in [5.41, 5.74) is 3.41. The maximum Gasteiger partial charge on any atom is 0.253 e. The van der Waals surface area contributed by atoms with Crippen molar-refractivity contribution in [2.24, 2.45) is 0 Å². The number of aromatic amines is 1. The van der Waals surface area contributed by atoms with Gasteiger partial charge in [0, 0.05) is 25.1 Å². The van der Waals surface area contributed by atoms with Crippen LogP contribution in [0.15, 0.2) is 23.0 Å². The van der Waals surface area contributed by atoms with Crippen LogP contribution in [-0.2, 0) is 11.3 Å². The molecule has 1 amide bonds. The molecular formula is C18H24N2O3. The Kier molecular flexibility index (Phi) is 5.55. The summed E-state index contributed by atoms with van der Waals surface area (Å²) >= 11 is 0. The van der Waals surface area contributed by atoms with E-state index in [2.05, 4.69) is 4.98 Å². The number of nitrogens with one attached hydrogen (secondary N) is 1. The van der Waals surface area contributed by atoms with Gasteiger partial charge in [-0.05, 0) is 43.4 Å². The van der Waals surface area contributed by atoms with Crippen LogP contribution < -0.4 is 5.56 Å². The molecule has 1 aromatic heterocycles. The van der Waals surface area contributed by atoms with Gasteiger partial charge in [0.2, 0.25) is 5.91 Å². The van der Waals surface area contributed by atoms with E-state index in [0.717, 1.165) is 22.0 Å². The van der Waals surface area contributed by atoms with Crippen molar-refractivity contribution < 1.29 is 9.90 Å². The molecule has 5 nitrogen and oxygen atoms in total. The van der Waals surface area contributed by atoms with E-state index in [1.807, 2.05) is 32.0 Å². The average Bonchev–Trinajstić information content (AvgIpc) is 2.51. The Morgan fingerprint density at radius 1 is 1.26 bits per heavy atom. The number of pyridine rings is 1. The predicted molar refractivity (Wildman–Crippen MR) is 91.5 cm³/mol. The molecular weight excluding hydrogens is 292 g/mol. The zero-order valence-corrected chi connectivity index (χ0v) is 14.0. The molecule has 2 aromatic rings. The van der Waals surface area contributed by atoms with E-state index < -0.39 is 0 Å². The maximum absolute atomic E-state index is 12.3. The third-order valence-corrected chi connectivity index (χ3v) is 3.97. The topological polar surface area (TPSA) is 73.4 Å². The fourth-order valence-electron chi connectivity index (χ4n) is 2.83. The molecule has 0 saturated heterocycles. The number of aromatic nitrogens is 1. The van der Waals surface area contributed by atoms with E-state index in [4.69, 9.17) is 5.11 Å². The Morgan fingerprint density at radius 2 is 2.00 bits per heavy atom. The molecule has 2 rings (SSSR count). The molecule has 0 aliphatic rings. The number of aliphatic hydroxyl groups is 1. The highest BCUT2D eigenvalue weighted by molar-refractivity contribution is 5.83. The number of fused-ring (bicyclic) bond motifs is 1. The first kappa shape index (κ1) is 17.2. The van der Waals surface area contributed by atoms with Gasteiger partial charge in [-0.2, -0.15) is 0 Å². The zero-order valence-electron chi connectivity index (χ0n) is 14.0. The number of nitrogens with zero attached hydrogens (tertiary/aromatic N) is 1.